The Labute approximate surface area is 118 Å². The molecule has 0 fully saturated rings. The number of aromatic nitrogens is 1. The van der Waals surface area contributed by atoms with E-state index in [1.54, 1.807) is 12.1 Å². The van der Waals surface area contributed by atoms with Crippen LogP contribution in [0.5, 0.6) is 0 Å². The Morgan fingerprint density at radius 1 is 1.00 bits per heavy atom. The quantitative estimate of drug-likeness (QED) is 0.647. The van der Waals surface area contributed by atoms with E-state index < -0.39 is 16.7 Å². The third kappa shape index (κ3) is 3.60. The van der Waals surface area contributed by atoms with Gasteiger partial charge in [-0.15, -0.1) is 0 Å². The van der Waals surface area contributed by atoms with E-state index in [-0.39, 0.29) is 11.3 Å². The van der Waals surface area contributed by atoms with Gasteiger partial charge in [-0.3, -0.25) is 35.5 Å². The third-order valence-electron chi connectivity index (χ3n) is 2.55. The smallest absolute Gasteiger partial charge is 0.267 e. The molecule has 0 atom stereocenters. The lowest BCUT2D eigenvalue weighted by Gasteiger charge is -2.06. The largest absolute Gasteiger partial charge is 0.271 e. The van der Waals surface area contributed by atoms with Gasteiger partial charge in [-0.25, -0.2) is 0 Å². The molecule has 0 aliphatic heterocycles. The lowest BCUT2D eigenvalue weighted by molar-refractivity contribution is -0.384. The minimum absolute atomic E-state index is 0.119. The highest BCUT2D eigenvalue weighted by atomic mass is 16.6. The van der Waals surface area contributed by atoms with Crippen LogP contribution >= 0.6 is 0 Å². The molecule has 1 aromatic heterocycles. The number of carbonyl (C=O) groups excluding carboxylic acids is 2. The average molecular weight is 286 g/mol. The second-order valence-electron chi connectivity index (χ2n) is 3.95. The van der Waals surface area contributed by atoms with Crippen LogP contribution in [-0.4, -0.2) is 21.7 Å². The number of rotatable bonds is 3. The highest BCUT2D eigenvalue weighted by Crippen LogP contribution is 2.11. The maximum Gasteiger partial charge on any atom is 0.271 e. The molecular formula is C13H10N4O4. The zero-order valence-electron chi connectivity index (χ0n) is 10.6. The molecule has 21 heavy (non-hydrogen) atoms. The van der Waals surface area contributed by atoms with Gasteiger partial charge in [0, 0.05) is 30.1 Å². The summed E-state index contributed by atoms with van der Waals surface area (Å²) in [6.45, 7) is 0. The summed E-state index contributed by atoms with van der Waals surface area (Å²) in [6.07, 6.45) is 2.87. The Morgan fingerprint density at radius 3 is 2.14 bits per heavy atom. The van der Waals surface area contributed by atoms with Crippen molar-refractivity contribution in [3.05, 3.63) is 70.0 Å². The molecule has 0 unspecified atom stereocenters. The van der Waals surface area contributed by atoms with Crippen LogP contribution in [0.2, 0.25) is 0 Å². The molecule has 106 valence electrons. The number of benzene rings is 1. The van der Waals surface area contributed by atoms with Crippen LogP contribution in [0.4, 0.5) is 5.69 Å². The van der Waals surface area contributed by atoms with Crippen LogP contribution in [0.25, 0.3) is 0 Å². The first-order valence-corrected chi connectivity index (χ1v) is 5.83. The molecule has 1 heterocycles. The normalized spacial score (nSPS) is 9.71. The fourth-order valence-corrected chi connectivity index (χ4v) is 1.49. The average Bonchev–Trinajstić information content (AvgIpc) is 2.53. The van der Waals surface area contributed by atoms with Gasteiger partial charge in [-0.2, -0.15) is 0 Å². The molecule has 0 aliphatic carbocycles. The van der Waals surface area contributed by atoms with Gasteiger partial charge in [0.25, 0.3) is 17.5 Å². The van der Waals surface area contributed by atoms with Crippen LogP contribution in [0.15, 0.2) is 48.8 Å². The Hall–Kier alpha value is -3.29. The number of non-ortho nitro benzene ring substituents is 1. The molecule has 2 rings (SSSR count). The molecule has 0 spiro atoms. The Morgan fingerprint density at radius 2 is 1.62 bits per heavy atom. The molecular weight excluding hydrogens is 276 g/mol. The Bertz CT molecular complexity index is 670. The van der Waals surface area contributed by atoms with Gasteiger partial charge in [0.2, 0.25) is 0 Å². The Kier molecular flexibility index (Phi) is 4.20. The summed E-state index contributed by atoms with van der Waals surface area (Å²) >= 11 is 0. The van der Waals surface area contributed by atoms with Crippen LogP contribution in [0.3, 0.4) is 0 Å². The van der Waals surface area contributed by atoms with Crippen molar-refractivity contribution in [3.63, 3.8) is 0 Å². The molecule has 0 saturated heterocycles. The van der Waals surface area contributed by atoms with Crippen molar-refractivity contribution in [2.75, 3.05) is 0 Å². The summed E-state index contributed by atoms with van der Waals surface area (Å²) in [5, 5.41) is 10.5. The van der Waals surface area contributed by atoms with E-state index in [4.69, 9.17) is 0 Å². The SMILES string of the molecule is O=C(NNC(=O)c1cccnc1)c1ccc([N+](=O)[O-])cc1. The maximum absolute atomic E-state index is 11.8. The number of nitrogens with one attached hydrogen (secondary N) is 2. The van der Waals surface area contributed by atoms with Crippen molar-refractivity contribution in [1.29, 1.82) is 0 Å². The van der Waals surface area contributed by atoms with E-state index >= 15 is 0 Å². The number of nitro benzene ring substituents is 1. The van der Waals surface area contributed by atoms with Gasteiger partial charge in [0.1, 0.15) is 0 Å². The number of carbonyl (C=O) groups is 2. The van der Waals surface area contributed by atoms with E-state index in [0.29, 0.717) is 5.56 Å². The minimum Gasteiger partial charge on any atom is -0.267 e. The van der Waals surface area contributed by atoms with Crippen molar-refractivity contribution in [1.82, 2.24) is 15.8 Å². The molecule has 0 saturated carbocycles. The van der Waals surface area contributed by atoms with Gasteiger partial charge < -0.3 is 0 Å². The monoisotopic (exact) mass is 286 g/mol. The van der Waals surface area contributed by atoms with Crippen molar-refractivity contribution in [2.24, 2.45) is 0 Å². The zero-order valence-corrected chi connectivity index (χ0v) is 10.6. The molecule has 1 aromatic carbocycles. The van der Waals surface area contributed by atoms with Gasteiger partial charge in [-0.05, 0) is 24.3 Å². The minimum atomic E-state index is -0.581. The summed E-state index contributed by atoms with van der Waals surface area (Å²) in [7, 11) is 0. The lowest BCUT2D eigenvalue weighted by atomic mass is 10.2. The number of hydrogen-bond acceptors (Lipinski definition) is 5. The van der Waals surface area contributed by atoms with Gasteiger partial charge >= 0.3 is 0 Å². The van der Waals surface area contributed by atoms with Crippen LogP contribution in [0, 0.1) is 10.1 Å². The van der Waals surface area contributed by atoms with Gasteiger partial charge in [0.05, 0.1) is 10.5 Å². The molecule has 2 aromatic rings. The van der Waals surface area contributed by atoms with Crippen molar-refractivity contribution >= 4 is 17.5 Å². The fourth-order valence-electron chi connectivity index (χ4n) is 1.49. The van der Waals surface area contributed by atoms with Crippen molar-refractivity contribution in [2.45, 2.75) is 0 Å². The van der Waals surface area contributed by atoms with Crippen molar-refractivity contribution in [3.8, 4) is 0 Å². The van der Waals surface area contributed by atoms with E-state index in [0.717, 1.165) is 0 Å². The fraction of sp³-hybridized carbons (Fsp3) is 0. The highest BCUT2D eigenvalue weighted by molar-refractivity contribution is 5.98. The predicted octanol–water partition coefficient (Wildman–Crippen LogP) is 1.06. The van der Waals surface area contributed by atoms with E-state index in [1.807, 2.05) is 0 Å². The summed E-state index contributed by atoms with van der Waals surface area (Å²) in [5.41, 5.74) is 4.79. The number of nitro groups is 1. The number of pyridine rings is 1. The van der Waals surface area contributed by atoms with Crippen molar-refractivity contribution < 1.29 is 14.5 Å². The first-order valence-electron chi connectivity index (χ1n) is 5.83. The molecule has 2 amide bonds. The first-order chi connectivity index (χ1) is 10.1. The molecule has 0 radical (unpaired) electrons. The standard InChI is InChI=1S/C13H10N4O4/c18-12(9-3-5-11(6-4-9)17(20)21)15-16-13(19)10-2-1-7-14-8-10/h1-8H,(H,15,18)(H,16,19). The summed E-state index contributed by atoms with van der Waals surface area (Å²) in [4.78, 5) is 37.1. The predicted molar refractivity (Wildman–Crippen MR) is 72.3 cm³/mol. The van der Waals surface area contributed by atoms with E-state index in [2.05, 4.69) is 15.8 Å². The maximum atomic E-state index is 11.8. The highest BCUT2D eigenvalue weighted by Gasteiger charge is 2.11. The third-order valence-corrected chi connectivity index (χ3v) is 2.55. The first kappa shape index (κ1) is 14.1. The van der Waals surface area contributed by atoms with Gasteiger partial charge in [-0.1, -0.05) is 0 Å². The second kappa shape index (κ2) is 6.24. The van der Waals surface area contributed by atoms with Gasteiger partial charge in [0.15, 0.2) is 0 Å². The van der Waals surface area contributed by atoms with Crippen LogP contribution < -0.4 is 10.9 Å². The zero-order chi connectivity index (χ0) is 15.2. The number of hydrogen-bond donors (Lipinski definition) is 2. The molecule has 8 heteroatoms. The van der Waals surface area contributed by atoms with E-state index in [9.17, 15) is 19.7 Å². The topological polar surface area (TPSA) is 114 Å². The van der Waals surface area contributed by atoms with Crippen LogP contribution in [0.1, 0.15) is 20.7 Å². The lowest BCUT2D eigenvalue weighted by Crippen LogP contribution is -2.41. The number of nitrogens with zero attached hydrogens (tertiary/aromatic N) is 2. The molecule has 0 bridgehead atoms. The second-order valence-corrected chi connectivity index (χ2v) is 3.95. The molecule has 2 N–H and O–H groups in total. The number of hydrazine groups is 1. The summed E-state index contributed by atoms with van der Waals surface area (Å²) < 4.78 is 0. The molecule has 0 aliphatic rings. The summed E-state index contributed by atoms with van der Waals surface area (Å²) in [6, 6.07) is 8.14. The molecule has 8 nitrogen and oxygen atoms in total. The van der Waals surface area contributed by atoms with Crippen LogP contribution in [-0.2, 0) is 0 Å². The summed E-state index contributed by atoms with van der Waals surface area (Å²) in [5.74, 6) is -1.10. The number of amides is 2. The van der Waals surface area contributed by atoms with E-state index in [1.165, 1.54) is 36.7 Å². The Balaban J connectivity index is 1.96.